The Hall–Kier alpha value is -2.52. The van der Waals surface area contributed by atoms with Crippen LogP contribution in [-0.2, 0) is 18.3 Å². The maximum atomic E-state index is 13.4. The average Bonchev–Trinajstić information content (AvgIpc) is 3.21. The van der Waals surface area contributed by atoms with Gasteiger partial charge < -0.3 is 19.3 Å². The summed E-state index contributed by atoms with van der Waals surface area (Å²) in [5, 5.41) is 8.91. The number of likely N-dealkylation sites (N-methyl/N-ethyl adjacent to an activating group) is 1. The van der Waals surface area contributed by atoms with Crippen LogP contribution in [0, 0.1) is 6.92 Å². The van der Waals surface area contributed by atoms with E-state index in [1.807, 2.05) is 14.0 Å². The van der Waals surface area contributed by atoms with Gasteiger partial charge in [0.05, 0.1) is 12.1 Å². The number of amides is 1. The number of aryl methyl sites for hydroxylation is 1. The lowest BCUT2D eigenvalue weighted by atomic mass is 9.81. The Labute approximate surface area is 186 Å². The number of hydrogen-bond acceptors (Lipinski definition) is 4. The molecule has 6 nitrogen and oxygen atoms in total. The van der Waals surface area contributed by atoms with Gasteiger partial charge in [0, 0.05) is 38.9 Å². The molecule has 1 aromatic heterocycles. The minimum atomic E-state index is -4.38. The van der Waals surface area contributed by atoms with Crippen molar-refractivity contribution in [2.75, 3.05) is 39.9 Å². The zero-order valence-corrected chi connectivity index (χ0v) is 18.3. The number of nitrogens with zero attached hydrogens (tertiary/aromatic N) is 3. The van der Waals surface area contributed by atoms with Gasteiger partial charge in [0.25, 0.3) is 5.91 Å². The zero-order valence-electron chi connectivity index (χ0n) is 18.3. The first-order valence-corrected chi connectivity index (χ1v) is 10.8. The van der Waals surface area contributed by atoms with Crippen molar-refractivity contribution in [3.05, 3.63) is 52.8 Å². The Morgan fingerprint density at radius 1 is 1.16 bits per heavy atom. The predicted molar refractivity (Wildman–Crippen MR) is 115 cm³/mol. The first kappa shape index (κ1) is 22.7. The Bertz CT molecular complexity index is 1000. The van der Waals surface area contributed by atoms with Crippen LogP contribution in [-0.4, -0.2) is 65.3 Å². The molecule has 2 aromatic rings. The van der Waals surface area contributed by atoms with Gasteiger partial charge in [-0.15, -0.1) is 0 Å². The molecule has 2 aliphatic rings. The van der Waals surface area contributed by atoms with Gasteiger partial charge in [-0.1, -0.05) is 0 Å². The molecular weight excluding hydrogens is 423 g/mol. The Balaban J connectivity index is 0.00000306. The third-order valence-electron chi connectivity index (χ3n) is 6.79. The van der Waals surface area contributed by atoms with E-state index in [0.717, 1.165) is 5.56 Å². The highest BCUT2D eigenvalue weighted by atomic mass is 19.4. The van der Waals surface area contributed by atoms with Gasteiger partial charge in [0.15, 0.2) is 0 Å². The van der Waals surface area contributed by atoms with E-state index in [-0.39, 0.29) is 20.5 Å². The van der Waals surface area contributed by atoms with Crippen LogP contribution < -0.4 is 4.74 Å². The summed E-state index contributed by atoms with van der Waals surface area (Å²) in [5.41, 5.74) is 0.942. The van der Waals surface area contributed by atoms with E-state index in [1.54, 1.807) is 29.2 Å². The number of carbonyl (C=O) groups is 1. The summed E-state index contributed by atoms with van der Waals surface area (Å²) in [6.45, 7) is 3.73. The van der Waals surface area contributed by atoms with E-state index in [0.29, 0.717) is 56.0 Å². The highest BCUT2D eigenvalue weighted by molar-refractivity contribution is 5.94. The van der Waals surface area contributed by atoms with Crippen LogP contribution in [0.4, 0.5) is 13.2 Å². The number of aliphatic hydroxyl groups excluding tert-OH is 1. The molecule has 1 aromatic carbocycles. The van der Waals surface area contributed by atoms with Gasteiger partial charge >= 0.3 is 6.18 Å². The molecule has 0 bridgehead atoms. The summed E-state index contributed by atoms with van der Waals surface area (Å²) in [5.74, 6) is 0.528. The third kappa shape index (κ3) is 3.88. The third-order valence-corrected chi connectivity index (χ3v) is 6.79. The molecule has 1 spiro atoms. The highest BCUT2D eigenvalue weighted by Crippen LogP contribution is 2.44. The molecule has 9 heteroatoms. The number of rotatable bonds is 4. The number of halogens is 3. The fraction of sp³-hybridized carbons (Fsp3) is 0.522. The van der Waals surface area contributed by atoms with Gasteiger partial charge in [0.2, 0.25) is 0 Å². The average molecular weight is 454 g/mol. The molecular formula is C23H30F3N3O3. The van der Waals surface area contributed by atoms with Crippen molar-refractivity contribution < 1.29 is 29.2 Å². The Morgan fingerprint density at radius 2 is 1.88 bits per heavy atom. The summed E-state index contributed by atoms with van der Waals surface area (Å²) in [6.07, 6.45) is -3.22. The molecule has 4 rings (SSSR count). The lowest BCUT2D eigenvalue weighted by Crippen LogP contribution is -2.56. The molecule has 0 saturated carbocycles. The van der Waals surface area contributed by atoms with E-state index in [4.69, 9.17) is 9.84 Å². The van der Waals surface area contributed by atoms with Gasteiger partial charge in [0.1, 0.15) is 18.1 Å². The fourth-order valence-corrected chi connectivity index (χ4v) is 5.02. The smallest absolute Gasteiger partial charge is 0.431 e. The summed E-state index contributed by atoms with van der Waals surface area (Å²) in [4.78, 5) is 17.0. The number of aromatic nitrogens is 1. The minimum Gasteiger partial charge on any atom is -0.491 e. The maximum absolute atomic E-state index is 13.4. The van der Waals surface area contributed by atoms with Crippen molar-refractivity contribution in [2.45, 2.75) is 38.0 Å². The van der Waals surface area contributed by atoms with Gasteiger partial charge in [-0.2, -0.15) is 13.2 Å². The van der Waals surface area contributed by atoms with E-state index < -0.39 is 17.4 Å². The van der Waals surface area contributed by atoms with Gasteiger partial charge in [-0.25, -0.2) is 0 Å². The summed E-state index contributed by atoms with van der Waals surface area (Å²) < 4.78 is 47.2. The van der Waals surface area contributed by atoms with Crippen LogP contribution in [0.15, 0.2) is 30.3 Å². The van der Waals surface area contributed by atoms with Crippen molar-refractivity contribution in [3.63, 3.8) is 0 Å². The molecule has 1 saturated heterocycles. The normalized spacial score (nSPS) is 18.6. The fourth-order valence-electron chi connectivity index (χ4n) is 5.02. The van der Waals surface area contributed by atoms with Crippen molar-refractivity contribution in [1.29, 1.82) is 0 Å². The number of likely N-dealkylation sites (tertiary alicyclic amines) is 1. The molecule has 1 amide bonds. The lowest BCUT2D eigenvalue weighted by Gasteiger charge is -2.50. The second kappa shape index (κ2) is 8.44. The summed E-state index contributed by atoms with van der Waals surface area (Å²) in [6, 6.07) is 7.98. The number of piperidine rings is 1. The molecule has 0 atom stereocenters. The van der Waals surface area contributed by atoms with E-state index in [1.165, 1.54) is 10.6 Å². The van der Waals surface area contributed by atoms with Crippen LogP contribution in [0.3, 0.4) is 0 Å². The van der Waals surface area contributed by atoms with Gasteiger partial charge in [-0.05, 0) is 62.7 Å². The quantitative estimate of drug-likeness (QED) is 0.770. The lowest BCUT2D eigenvalue weighted by molar-refractivity contribution is -0.144. The van der Waals surface area contributed by atoms with Gasteiger partial charge in [-0.3, -0.25) is 9.69 Å². The zero-order chi connectivity index (χ0) is 23.1. The largest absolute Gasteiger partial charge is 0.491 e. The molecule has 0 radical (unpaired) electrons. The standard InChI is InChI=1S/C23H28F3N3O3.H2/c1-16-15-17(3-4-18(16)32-14-13-30)21(31)28-9-7-22(8-10-28)19-5-6-20(23(24,25)26)29(19)12-11-27(22)2;/h3-6,15,30H,7-14H2,1-2H3;1H. The number of hydrogen-bond donors (Lipinski definition) is 1. The van der Waals surface area contributed by atoms with Crippen molar-refractivity contribution in [1.82, 2.24) is 14.4 Å². The van der Waals surface area contributed by atoms with E-state index >= 15 is 0 Å². The maximum Gasteiger partial charge on any atom is 0.431 e. The first-order valence-electron chi connectivity index (χ1n) is 10.8. The second-order valence-corrected chi connectivity index (χ2v) is 8.55. The highest BCUT2D eigenvalue weighted by Gasteiger charge is 2.47. The Kier molecular flexibility index (Phi) is 5.98. The molecule has 0 aliphatic carbocycles. The van der Waals surface area contributed by atoms with Crippen LogP contribution in [0.1, 0.15) is 41.6 Å². The molecule has 176 valence electrons. The predicted octanol–water partition coefficient (Wildman–Crippen LogP) is 3.51. The summed E-state index contributed by atoms with van der Waals surface area (Å²) >= 11 is 0. The van der Waals surface area contributed by atoms with Crippen LogP contribution in [0.5, 0.6) is 5.75 Å². The topological polar surface area (TPSA) is 57.9 Å². The number of carbonyl (C=O) groups excluding carboxylic acids is 1. The minimum absolute atomic E-state index is 0. The number of aliphatic hydroxyl groups is 1. The van der Waals surface area contributed by atoms with Crippen LogP contribution in [0.2, 0.25) is 0 Å². The second-order valence-electron chi connectivity index (χ2n) is 8.55. The molecule has 0 unspecified atom stereocenters. The monoisotopic (exact) mass is 453 g/mol. The Morgan fingerprint density at radius 3 is 2.50 bits per heavy atom. The van der Waals surface area contributed by atoms with E-state index in [2.05, 4.69) is 4.90 Å². The van der Waals surface area contributed by atoms with Crippen molar-refractivity contribution in [2.24, 2.45) is 0 Å². The molecule has 2 aliphatic heterocycles. The number of benzene rings is 1. The number of alkyl halides is 3. The molecule has 1 N–H and O–H groups in total. The summed E-state index contributed by atoms with van der Waals surface area (Å²) in [7, 11) is 1.95. The number of ether oxygens (including phenoxy) is 1. The molecule has 1 fully saturated rings. The molecule has 3 heterocycles. The van der Waals surface area contributed by atoms with Crippen molar-refractivity contribution in [3.8, 4) is 5.75 Å². The molecule has 32 heavy (non-hydrogen) atoms. The van der Waals surface area contributed by atoms with Crippen LogP contribution in [0.25, 0.3) is 0 Å². The van der Waals surface area contributed by atoms with Crippen molar-refractivity contribution >= 4 is 5.91 Å². The number of fused-ring (bicyclic) bond motifs is 2. The first-order chi connectivity index (χ1) is 15.2. The van der Waals surface area contributed by atoms with Crippen LogP contribution >= 0.6 is 0 Å². The SMILES string of the molecule is Cc1cc(C(=O)N2CCC3(CC2)c2ccc(C(F)(F)F)n2CCN3C)ccc1OCCO.[HH]. The van der Waals surface area contributed by atoms with E-state index in [9.17, 15) is 18.0 Å².